The molecule has 1 saturated heterocycles. The van der Waals surface area contributed by atoms with Crippen LogP contribution in [0.25, 0.3) is 0 Å². The number of amides is 1. The molecular formula is C12H23N3O2. The van der Waals surface area contributed by atoms with E-state index in [0.29, 0.717) is 0 Å². The van der Waals surface area contributed by atoms with Crippen LogP contribution in [0.1, 0.15) is 12.8 Å². The molecule has 5 nitrogen and oxygen atoms in total. The molecule has 2 N–H and O–H groups in total. The van der Waals surface area contributed by atoms with Gasteiger partial charge in [0.05, 0.1) is 12.5 Å². The molecule has 2 unspecified atom stereocenters. The summed E-state index contributed by atoms with van der Waals surface area (Å²) >= 11 is 0. The van der Waals surface area contributed by atoms with Crippen molar-refractivity contribution in [1.82, 2.24) is 9.80 Å². The van der Waals surface area contributed by atoms with Gasteiger partial charge >= 0.3 is 0 Å². The Morgan fingerprint density at radius 1 is 1.35 bits per heavy atom. The zero-order valence-corrected chi connectivity index (χ0v) is 10.6. The number of methoxy groups -OCH3 is 1. The van der Waals surface area contributed by atoms with Crippen molar-refractivity contribution in [1.29, 1.82) is 0 Å². The minimum absolute atomic E-state index is 0.112. The maximum atomic E-state index is 12.0. The Hall–Kier alpha value is -0.650. The van der Waals surface area contributed by atoms with Crippen molar-refractivity contribution in [3.05, 3.63) is 0 Å². The molecule has 0 bridgehead atoms. The Kier molecular flexibility index (Phi) is 4.36. The molecule has 1 saturated carbocycles. The predicted molar refractivity (Wildman–Crippen MR) is 65.6 cm³/mol. The van der Waals surface area contributed by atoms with Gasteiger partial charge in [-0.1, -0.05) is 0 Å². The largest absolute Gasteiger partial charge is 0.383 e. The summed E-state index contributed by atoms with van der Waals surface area (Å²) in [6.07, 6.45) is 1.93. The van der Waals surface area contributed by atoms with Gasteiger partial charge in [-0.25, -0.2) is 0 Å². The maximum Gasteiger partial charge on any atom is 0.227 e. The van der Waals surface area contributed by atoms with E-state index >= 15 is 0 Å². The first-order valence-corrected chi connectivity index (χ1v) is 6.48. The molecule has 2 fully saturated rings. The molecule has 5 heteroatoms. The SMILES string of the molecule is COCCN1CCCN(C(=O)C2CC2N)CC1. The monoisotopic (exact) mass is 241 g/mol. The van der Waals surface area contributed by atoms with Gasteiger partial charge < -0.3 is 15.4 Å². The maximum absolute atomic E-state index is 12.0. The minimum Gasteiger partial charge on any atom is -0.383 e. The molecule has 1 aliphatic heterocycles. The standard InChI is InChI=1S/C12H23N3O2/c1-17-8-7-14-3-2-4-15(6-5-14)12(16)10-9-11(10)13/h10-11H,2-9,13H2,1H3. The molecule has 98 valence electrons. The smallest absolute Gasteiger partial charge is 0.227 e. The third-order valence-corrected chi connectivity index (χ3v) is 3.67. The highest BCUT2D eigenvalue weighted by Crippen LogP contribution is 2.30. The Morgan fingerprint density at radius 2 is 2.12 bits per heavy atom. The first kappa shape index (κ1) is 12.8. The van der Waals surface area contributed by atoms with E-state index < -0.39 is 0 Å². The number of hydrogen-bond donors (Lipinski definition) is 1. The van der Waals surface area contributed by atoms with Gasteiger partial charge in [-0.3, -0.25) is 9.69 Å². The molecule has 0 aromatic carbocycles. The summed E-state index contributed by atoms with van der Waals surface area (Å²) in [6, 6.07) is 0.121. The third kappa shape index (κ3) is 3.40. The molecule has 17 heavy (non-hydrogen) atoms. The summed E-state index contributed by atoms with van der Waals surface area (Å²) in [4.78, 5) is 16.4. The van der Waals surface area contributed by atoms with Crippen LogP contribution in [0.3, 0.4) is 0 Å². The predicted octanol–water partition coefficient (Wildman–Crippen LogP) is -0.486. The Labute approximate surface area is 103 Å². The van der Waals surface area contributed by atoms with Crippen molar-refractivity contribution in [3.8, 4) is 0 Å². The van der Waals surface area contributed by atoms with Crippen LogP contribution in [-0.4, -0.2) is 68.2 Å². The van der Waals surface area contributed by atoms with E-state index in [2.05, 4.69) is 4.90 Å². The minimum atomic E-state index is 0.112. The van der Waals surface area contributed by atoms with E-state index in [0.717, 1.165) is 52.2 Å². The number of hydrogen-bond acceptors (Lipinski definition) is 4. The zero-order chi connectivity index (χ0) is 12.3. The number of nitrogens with two attached hydrogens (primary N) is 1. The van der Waals surface area contributed by atoms with Crippen molar-refractivity contribution in [2.24, 2.45) is 11.7 Å². The molecule has 0 radical (unpaired) electrons. The Balaban J connectivity index is 1.77. The summed E-state index contributed by atoms with van der Waals surface area (Å²) in [5.41, 5.74) is 5.73. The molecule has 2 aliphatic rings. The average molecular weight is 241 g/mol. The zero-order valence-electron chi connectivity index (χ0n) is 10.6. The molecule has 2 atom stereocenters. The highest BCUT2D eigenvalue weighted by molar-refractivity contribution is 5.82. The van der Waals surface area contributed by atoms with Gasteiger partial charge in [0.25, 0.3) is 0 Å². The summed E-state index contributed by atoms with van der Waals surface area (Å²) in [6.45, 7) is 5.46. The summed E-state index contributed by atoms with van der Waals surface area (Å²) in [5.74, 6) is 0.381. The summed E-state index contributed by atoms with van der Waals surface area (Å²) in [7, 11) is 1.72. The lowest BCUT2D eigenvalue weighted by Gasteiger charge is -2.21. The van der Waals surface area contributed by atoms with Gasteiger partial charge in [-0.2, -0.15) is 0 Å². The molecule has 2 rings (SSSR count). The number of ether oxygens (including phenoxy) is 1. The number of carbonyl (C=O) groups is 1. The van der Waals surface area contributed by atoms with Crippen molar-refractivity contribution in [2.45, 2.75) is 18.9 Å². The van der Waals surface area contributed by atoms with Crippen molar-refractivity contribution in [3.63, 3.8) is 0 Å². The van der Waals surface area contributed by atoms with E-state index in [1.165, 1.54) is 0 Å². The highest BCUT2D eigenvalue weighted by Gasteiger charge is 2.42. The van der Waals surface area contributed by atoms with Crippen molar-refractivity contribution < 1.29 is 9.53 Å². The van der Waals surface area contributed by atoms with E-state index in [-0.39, 0.29) is 17.9 Å². The topological polar surface area (TPSA) is 58.8 Å². The second-order valence-corrected chi connectivity index (χ2v) is 5.02. The first-order chi connectivity index (χ1) is 8.22. The highest BCUT2D eigenvalue weighted by atomic mass is 16.5. The van der Waals surface area contributed by atoms with Gasteiger partial charge in [0.1, 0.15) is 0 Å². The van der Waals surface area contributed by atoms with Crippen molar-refractivity contribution in [2.75, 3.05) is 46.4 Å². The fourth-order valence-electron chi connectivity index (χ4n) is 2.37. The normalized spacial score (nSPS) is 30.1. The molecule has 1 amide bonds. The van der Waals surface area contributed by atoms with Crippen LogP contribution in [0.5, 0.6) is 0 Å². The summed E-state index contributed by atoms with van der Waals surface area (Å²) < 4.78 is 5.08. The Morgan fingerprint density at radius 3 is 2.76 bits per heavy atom. The van der Waals surface area contributed by atoms with Crippen LogP contribution in [0.4, 0.5) is 0 Å². The van der Waals surface area contributed by atoms with Crippen molar-refractivity contribution >= 4 is 5.91 Å². The molecular weight excluding hydrogens is 218 g/mol. The lowest BCUT2D eigenvalue weighted by atomic mass is 10.3. The van der Waals surface area contributed by atoms with Crippen LogP contribution in [0, 0.1) is 5.92 Å². The molecule has 1 aliphatic carbocycles. The second kappa shape index (κ2) is 5.80. The fraction of sp³-hybridized carbons (Fsp3) is 0.917. The van der Waals surface area contributed by atoms with E-state index in [1.54, 1.807) is 7.11 Å². The first-order valence-electron chi connectivity index (χ1n) is 6.48. The van der Waals surface area contributed by atoms with Gasteiger partial charge in [0.2, 0.25) is 5.91 Å². The van der Waals surface area contributed by atoms with Crippen LogP contribution in [0.15, 0.2) is 0 Å². The quantitative estimate of drug-likeness (QED) is 0.722. The number of carbonyl (C=O) groups excluding carboxylic acids is 1. The van der Waals surface area contributed by atoms with Crippen LogP contribution >= 0.6 is 0 Å². The van der Waals surface area contributed by atoms with Crippen LogP contribution in [-0.2, 0) is 9.53 Å². The van der Waals surface area contributed by atoms with E-state index in [9.17, 15) is 4.79 Å². The number of rotatable bonds is 4. The van der Waals surface area contributed by atoms with Gasteiger partial charge in [0.15, 0.2) is 0 Å². The third-order valence-electron chi connectivity index (χ3n) is 3.67. The number of nitrogens with zero attached hydrogens (tertiary/aromatic N) is 2. The Bertz CT molecular complexity index is 272. The molecule has 0 spiro atoms. The fourth-order valence-corrected chi connectivity index (χ4v) is 2.37. The van der Waals surface area contributed by atoms with Gasteiger partial charge in [-0.15, -0.1) is 0 Å². The van der Waals surface area contributed by atoms with Crippen LogP contribution in [0.2, 0.25) is 0 Å². The van der Waals surface area contributed by atoms with Gasteiger partial charge in [0, 0.05) is 39.3 Å². The lowest BCUT2D eigenvalue weighted by molar-refractivity contribution is -0.132. The van der Waals surface area contributed by atoms with Crippen LogP contribution < -0.4 is 5.73 Å². The molecule has 0 aromatic rings. The second-order valence-electron chi connectivity index (χ2n) is 5.02. The average Bonchev–Trinajstić information content (AvgIpc) is 3.08. The lowest BCUT2D eigenvalue weighted by Crippen LogP contribution is -2.37. The summed E-state index contributed by atoms with van der Waals surface area (Å²) in [5, 5.41) is 0. The van der Waals surface area contributed by atoms with E-state index in [1.807, 2.05) is 4.90 Å². The molecule has 0 aromatic heterocycles. The molecule has 1 heterocycles. The van der Waals surface area contributed by atoms with Gasteiger partial charge in [-0.05, 0) is 19.4 Å². The van der Waals surface area contributed by atoms with E-state index in [4.69, 9.17) is 10.5 Å².